The zero-order valence-electron chi connectivity index (χ0n) is 32.2. The molecule has 0 spiro atoms. The van der Waals surface area contributed by atoms with E-state index in [0.717, 1.165) is 27.8 Å². The second-order valence-corrected chi connectivity index (χ2v) is 15.7. The highest BCUT2D eigenvalue weighted by molar-refractivity contribution is 6.06. The molecule has 9 aromatic rings. The van der Waals surface area contributed by atoms with Gasteiger partial charge in [0.05, 0.1) is 5.70 Å². The van der Waals surface area contributed by atoms with Crippen LogP contribution in [-0.2, 0) is 11.8 Å². The Morgan fingerprint density at radius 3 is 1.88 bits per heavy atom. The number of allylic oxidation sites excluding steroid dienone is 1. The van der Waals surface area contributed by atoms with Gasteiger partial charge in [-0.15, -0.1) is 0 Å². The molecule has 0 radical (unpaired) electrons. The van der Waals surface area contributed by atoms with Gasteiger partial charge in [-0.2, -0.15) is 0 Å². The van der Waals surface area contributed by atoms with Crippen LogP contribution < -0.4 is 5.73 Å². The molecule has 0 aromatic heterocycles. The molecule has 0 fully saturated rings. The summed E-state index contributed by atoms with van der Waals surface area (Å²) >= 11 is 0. The van der Waals surface area contributed by atoms with Crippen LogP contribution in [0.4, 0.5) is 0 Å². The Kier molecular flexibility index (Phi) is 8.42. The zero-order valence-corrected chi connectivity index (χ0v) is 32.2. The molecule has 1 aliphatic carbocycles. The number of fused-ring (bicyclic) bond motifs is 6. The van der Waals surface area contributed by atoms with Gasteiger partial charge in [0.1, 0.15) is 5.84 Å². The molecule has 9 aromatic carbocycles. The van der Waals surface area contributed by atoms with Gasteiger partial charge in [0.2, 0.25) is 0 Å². The summed E-state index contributed by atoms with van der Waals surface area (Å²) in [5.41, 5.74) is 21.0. The number of nitrogens with two attached hydrogens (primary N) is 1. The Hall–Kier alpha value is -7.03. The second kappa shape index (κ2) is 13.9. The minimum absolute atomic E-state index is 0.122. The summed E-state index contributed by atoms with van der Waals surface area (Å²) in [5.74, 6) is 0.486. The van der Waals surface area contributed by atoms with Crippen molar-refractivity contribution < 1.29 is 0 Å². The molecule has 0 saturated carbocycles. The summed E-state index contributed by atoms with van der Waals surface area (Å²) < 4.78 is 0. The van der Waals surface area contributed by atoms with E-state index in [1.807, 2.05) is 6.07 Å². The fourth-order valence-corrected chi connectivity index (χ4v) is 8.91. The molecule has 0 aliphatic heterocycles. The summed E-state index contributed by atoms with van der Waals surface area (Å²) in [4.78, 5) is 5.23. The van der Waals surface area contributed by atoms with Gasteiger partial charge in [-0.05, 0) is 107 Å². The van der Waals surface area contributed by atoms with Crippen LogP contribution in [0.3, 0.4) is 0 Å². The van der Waals surface area contributed by atoms with Crippen molar-refractivity contribution in [3.05, 3.63) is 222 Å². The fourth-order valence-electron chi connectivity index (χ4n) is 8.91. The lowest BCUT2D eigenvalue weighted by Gasteiger charge is -2.22. The summed E-state index contributed by atoms with van der Waals surface area (Å²) in [6.07, 6.45) is 2.96. The number of aliphatic imine (C=N–C) groups is 1. The highest BCUT2D eigenvalue weighted by Gasteiger charge is 2.36. The molecule has 0 heterocycles. The van der Waals surface area contributed by atoms with E-state index >= 15 is 0 Å². The third-order valence-electron chi connectivity index (χ3n) is 12.0. The first kappa shape index (κ1) is 34.5. The van der Waals surface area contributed by atoms with E-state index in [2.05, 4.69) is 202 Å². The van der Waals surface area contributed by atoms with Gasteiger partial charge < -0.3 is 5.73 Å². The Bertz CT molecular complexity index is 3050. The molecular formula is C55H42N2. The first-order valence-corrected chi connectivity index (χ1v) is 19.8. The van der Waals surface area contributed by atoms with Crippen molar-refractivity contribution in [3.63, 3.8) is 0 Å². The lowest BCUT2D eigenvalue weighted by molar-refractivity contribution is 0.661. The maximum absolute atomic E-state index is 6.90. The Morgan fingerprint density at radius 1 is 0.491 bits per heavy atom. The predicted octanol–water partition coefficient (Wildman–Crippen LogP) is 13.8. The number of nitrogens with zero attached hydrogens (tertiary/aromatic N) is 1. The summed E-state index contributed by atoms with van der Waals surface area (Å²) in [6.45, 7) is 4.73. The van der Waals surface area contributed by atoms with Crippen LogP contribution in [0.5, 0.6) is 0 Å². The van der Waals surface area contributed by atoms with Crippen LogP contribution in [0, 0.1) is 0 Å². The first-order chi connectivity index (χ1) is 27.9. The van der Waals surface area contributed by atoms with Crippen molar-refractivity contribution in [2.24, 2.45) is 10.7 Å². The lowest BCUT2D eigenvalue weighted by atomic mass is 9.81. The highest BCUT2D eigenvalue weighted by atomic mass is 14.9. The van der Waals surface area contributed by atoms with Gasteiger partial charge in [-0.25, -0.2) is 4.99 Å². The van der Waals surface area contributed by atoms with E-state index in [0.29, 0.717) is 12.3 Å². The maximum Gasteiger partial charge on any atom is 0.131 e. The van der Waals surface area contributed by atoms with Crippen molar-refractivity contribution in [3.8, 4) is 33.4 Å². The first-order valence-electron chi connectivity index (χ1n) is 19.8. The summed E-state index contributed by atoms with van der Waals surface area (Å²) in [5, 5.41) is 7.38. The third-order valence-corrected chi connectivity index (χ3v) is 12.0. The molecule has 2 N–H and O–H groups in total. The molecule has 0 amide bonds. The summed E-state index contributed by atoms with van der Waals surface area (Å²) in [6, 6.07) is 67.6. The van der Waals surface area contributed by atoms with Crippen molar-refractivity contribution in [2.45, 2.75) is 25.7 Å². The third kappa shape index (κ3) is 6.11. The predicted molar refractivity (Wildman–Crippen MR) is 243 cm³/mol. The van der Waals surface area contributed by atoms with Crippen molar-refractivity contribution >= 4 is 43.9 Å². The quantitative estimate of drug-likeness (QED) is 0.129. The minimum atomic E-state index is -0.122. The molecule has 2 nitrogen and oxygen atoms in total. The normalized spacial score (nSPS) is 13.6. The second-order valence-electron chi connectivity index (χ2n) is 15.7. The van der Waals surface area contributed by atoms with E-state index in [-0.39, 0.29) is 5.41 Å². The molecule has 1 aliphatic rings. The SMILES string of the molecule is CC1(C)c2cc(-c3ccc(/C(=C/Cc4cccc5ccccc45)N=C(N)c4ccc(-c5ccccc5)cc4)c4ccccc34)ccc2-c2cc3ccccc3cc21. The van der Waals surface area contributed by atoms with Gasteiger partial charge in [0, 0.05) is 16.5 Å². The van der Waals surface area contributed by atoms with Gasteiger partial charge in [0.25, 0.3) is 0 Å². The van der Waals surface area contributed by atoms with Crippen LogP contribution in [-0.4, -0.2) is 5.84 Å². The maximum atomic E-state index is 6.90. The fraction of sp³-hybridized carbons (Fsp3) is 0.0727. The van der Waals surface area contributed by atoms with E-state index in [4.69, 9.17) is 10.7 Å². The monoisotopic (exact) mass is 730 g/mol. The number of rotatable bonds is 7. The molecule has 0 bridgehead atoms. The molecule has 0 saturated heterocycles. The largest absolute Gasteiger partial charge is 0.383 e. The smallest absolute Gasteiger partial charge is 0.131 e. The van der Waals surface area contributed by atoms with Crippen molar-refractivity contribution in [2.75, 3.05) is 0 Å². The van der Waals surface area contributed by atoms with Gasteiger partial charge >= 0.3 is 0 Å². The van der Waals surface area contributed by atoms with E-state index in [1.165, 1.54) is 71.4 Å². The van der Waals surface area contributed by atoms with Crippen LogP contribution >= 0.6 is 0 Å². The molecule has 0 unspecified atom stereocenters. The van der Waals surface area contributed by atoms with Crippen LogP contribution in [0.1, 0.15) is 41.7 Å². The molecule has 57 heavy (non-hydrogen) atoms. The number of hydrogen-bond donors (Lipinski definition) is 1. The number of benzene rings is 9. The van der Waals surface area contributed by atoms with Crippen molar-refractivity contribution in [1.29, 1.82) is 0 Å². The van der Waals surface area contributed by atoms with Gasteiger partial charge in [0.15, 0.2) is 0 Å². The zero-order chi connectivity index (χ0) is 38.5. The Morgan fingerprint density at radius 2 is 1.09 bits per heavy atom. The molecule has 272 valence electrons. The standard InChI is InChI=1S/C55H42N2/c1-55(2)51-35-43(27-29-48(51)50-33-41-16-6-7-17-42(41)34-52(50)55)45-30-31-49(47-22-11-10-21-46(45)47)53(32-28-39-19-12-18-38-15-8-9-20-44(38)39)57-54(56)40-25-23-37(24-26-40)36-13-4-3-5-14-36/h3-27,29-35H,28H2,1-2H3,(H2,56,57)/b53-32-. The number of amidine groups is 1. The lowest BCUT2D eigenvalue weighted by Crippen LogP contribution is -2.15. The number of hydrogen-bond acceptors (Lipinski definition) is 1. The summed E-state index contributed by atoms with van der Waals surface area (Å²) in [7, 11) is 0. The Balaban J connectivity index is 1.08. The highest BCUT2D eigenvalue weighted by Crippen LogP contribution is 2.51. The van der Waals surface area contributed by atoms with Crippen LogP contribution in [0.25, 0.3) is 71.4 Å². The average Bonchev–Trinajstić information content (AvgIpc) is 3.48. The van der Waals surface area contributed by atoms with E-state index in [1.54, 1.807) is 0 Å². The molecule has 2 heteroatoms. The van der Waals surface area contributed by atoms with Gasteiger partial charge in [-0.3, -0.25) is 0 Å². The van der Waals surface area contributed by atoms with Crippen LogP contribution in [0.2, 0.25) is 0 Å². The van der Waals surface area contributed by atoms with E-state index < -0.39 is 0 Å². The Labute approximate surface area is 334 Å². The average molecular weight is 731 g/mol. The van der Waals surface area contributed by atoms with Gasteiger partial charge in [-0.1, -0.05) is 190 Å². The van der Waals surface area contributed by atoms with E-state index in [9.17, 15) is 0 Å². The molecular weight excluding hydrogens is 689 g/mol. The topological polar surface area (TPSA) is 38.4 Å². The van der Waals surface area contributed by atoms with Crippen molar-refractivity contribution in [1.82, 2.24) is 0 Å². The molecule has 0 atom stereocenters. The molecule has 10 rings (SSSR count). The van der Waals surface area contributed by atoms with Crippen LogP contribution in [0.15, 0.2) is 199 Å². The minimum Gasteiger partial charge on any atom is -0.383 e.